The summed E-state index contributed by atoms with van der Waals surface area (Å²) >= 11 is 3.43. The number of Topliss-reactive ketones (excluding diaryl/α,β-unsaturated/α-hetero) is 1. The third kappa shape index (κ3) is 2.29. The van der Waals surface area contributed by atoms with E-state index in [1.54, 1.807) is 7.11 Å². The molecular formula is C13H15BrO2. The zero-order chi connectivity index (χ0) is 11.7. The molecule has 1 saturated carbocycles. The number of ketones is 1. The number of benzene rings is 1. The summed E-state index contributed by atoms with van der Waals surface area (Å²) in [5, 5.41) is 0. The van der Waals surface area contributed by atoms with Gasteiger partial charge in [-0.25, -0.2) is 0 Å². The minimum absolute atomic E-state index is 0.143. The first-order chi connectivity index (χ1) is 7.63. The summed E-state index contributed by atoms with van der Waals surface area (Å²) in [5.74, 6) is 1.74. The quantitative estimate of drug-likeness (QED) is 0.788. The molecule has 0 saturated heterocycles. The van der Waals surface area contributed by atoms with Gasteiger partial charge in [0.25, 0.3) is 0 Å². The monoisotopic (exact) mass is 282 g/mol. The second kappa shape index (κ2) is 4.58. The predicted molar refractivity (Wildman–Crippen MR) is 66.9 cm³/mol. The lowest BCUT2D eigenvalue weighted by molar-refractivity contribution is 0.0915. The van der Waals surface area contributed by atoms with Crippen LogP contribution in [-0.4, -0.2) is 12.9 Å². The van der Waals surface area contributed by atoms with Crippen molar-refractivity contribution in [3.8, 4) is 5.75 Å². The van der Waals surface area contributed by atoms with E-state index in [-0.39, 0.29) is 11.7 Å². The number of carbonyl (C=O) groups excluding carboxylic acids is 1. The fraction of sp³-hybridized carbons (Fsp3) is 0.462. The zero-order valence-corrected chi connectivity index (χ0v) is 11.1. The van der Waals surface area contributed by atoms with Gasteiger partial charge in [0.05, 0.1) is 7.11 Å². The Morgan fingerprint density at radius 1 is 1.50 bits per heavy atom. The highest BCUT2D eigenvalue weighted by Gasteiger charge is 2.33. The first kappa shape index (κ1) is 11.6. The molecule has 3 heteroatoms. The van der Waals surface area contributed by atoms with Crippen molar-refractivity contribution < 1.29 is 9.53 Å². The Morgan fingerprint density at radius 3 is 2.69 bits per heavy atom. The van der Waals surface area contributed by atoms with E-state index in [1.807, 2.05) is 25.1 Å². The molecule has 0 N–H and O–H groups in total. The largest absolute Gasteiger partial charge is 0.497 e. The van der Waals surface area contributed by atoms with Crippen molar-refractivity contribution in [2.75, 3.05) is 7.11 Å². The van der Waals surface area contributed by atoms with Gasteiger partial charge in [0.15, 0.2) is 5.78 Å². The van der Waals surface area contributed by atoms with Crippen molar-refractivity contribution in [3.63, 3.8) is 0 Å². The Hall–Kier alpha value is -0.830. The van der Waals surface area contributed by atoms with Gasteiger partial charge >= 0.3 is 0 Å². The summed E-state index contributed by atoms with van der Waals surface area (Å²) in [7, 11) is 1.62. The van der Waals surface area contributed by atoms with Gasteiger partial charge in [-0.2, -0.15) is 0 Å². The second-order valence-electron chi connectivity index (χ2n) is 4.34. The molecule has 0 aliphatic heterocycles. The number of hydrogen-bond acceptors (Lipinski definition) is 2. The zero-order valence-electron chi connectivity index (χ0n) is 9.50. The van der Waals surface area contributed by atoms with Gasteiger partial charge in [-0.1, -0.05) is 6.92 Å². The minimum atomic E-state index is 0.143. The van der Waals surface area contributed by atoms with E-state index < -0.39 is 0 Å². The Bertz CT molecular complexity index is 410. The van der Waals surface area contributed by atoms with Gasteiger partial charge in [0, 0.05) is 16.0 Å². The van der Waals surface area contributed by atoms with Crippen LogP contribution in [0.15, 0.2) is 22.7 Å². The predicted octanol–water partition coefficient (Wildman–Crippen LogP) is 3.69. The number of carbonyl (C=O) groups is 1. The van der Waals surface area contributed by atoms with Crippen LogP contribution in [0, 0.1) is 11.8 Å². The average Bonchev–Trinajstić information content (AvgIpc) is 3.10. The van der Waals surface area contributed by atoms with Gasteiger partial charge in [0.2, 0.25) is 0 Å². The van der Waals surface area contributed by atoms with Crippen LogP contribution >= 0.6 is 15.9 Å². The first-order valence-electron chi connectivity index (χ1n) is 5.51. The molecule has 1 unspecified atom stereocenters. The fourth-order valence-corrected chi connectivity index (χ4v) is 2.43. The van der Waals surface area contributed by atoms with Crippen LogP contribution < -0.4 is 4.74 Å². The molecule has 16 heavy (non-hydrogen) atoms. The average molecular weight is 283 g/mol. The van der Waals surface area contributed by atoms with Crippen LogP contribution in [0.5, 0.6) is 5.75 Å². The normalized spacial score (nSPS) is 16.9. The molecule has 1 fully saturated rings. The van der Waals surface area contributed by atoms with Crippen molar-refractivity contribution in [1.29, 1.82) is 0 Å². The Kier molecular flexibility index (Phi) is 3.33. The van der Waals surface area contributed by atoms with E-state index in [2.05, 4.69) is 15.9 Å². The maximum atomic E-state index is 12.2. The summed E-state index contributed by atoms with van der Waals surface area (Å²) in [6.45, 7) is 2.02. The highest BCUT2D eigenvalue weighted by molar-refractivity contribution is 9.10. The molecule has 1 aromatic carbocycles. The van der Waals surface area contributed by atoms with Crippen LogP contribution in [0.3, 0.4) is 0 Å². The number of rotatable bonds is 4. The highest BCUT2D eigenvalue weighted by Crippen LogP contribution is 2.39. The van der Waals surface area contributed by atoms with Crippen molar-refractivity contribution in [1.82, 2.24) is 0 Å². The highest BCUT2D eigenvalue weighted by atomic mass is 79.9. The number of ether oxygens (including phenoxy) is 1. The lowest BCUT2D eigenvalue weighted by Gasteiger charge is -2.11. The van der Waals surface area contributed by atoms with E-state index in [0.29, 0.717) is 5.92 Å². The molecule has 2 rings (SSSR count). The molecule has 1 aliphatic carbocycles. The molecule has 2 nitrogen and oxygen atoms in total. The smallest absolute Gasteiger partial charge is 0.167 e. The summed E-state index contributed by atoms with van der Waals surface area (Å²) in [6, 6.07) is 5.51. The number of hydrogen-bond donors (Lipinski definition) is 0. The number of methoxy groups -OCH3 is 1. The molecule has 1 atom stereocenters. The third-order valence-electron chi connectivity index (χ3n) is 3.18. The van der Waals surface area contributed by atoms with Crippen molar-refractivity contribution in [3.05, 3.63) is 28.2 Å². The molecule has 0 bridgehead atoms. The molecule has 0 amide bonds. The van der Waals surface area contributed by atoms with Crippen LogP contribution in [0.4, 0.5) is 0 Å². The summed E-state index contributed by atoms with van der Waals surface area (Å²) in [4.78, 5) is 12.2. The second-order valence-corrected chi connectivity index (χ2v) is 5.19. The Morgan fingerprint density at radius 2 is 2.19 bits per heavy atom. The van der Waals surface area contributed by atoms with Crippen molar-refractivity contribution >= 4 is 21.7 Å². The third-order valence-corrected chi connectivity index (χ3v) is 3.84. The summed E-state index contributed by atoms with van der Waals surface area (Å²) in [5.41, 5.74) is 0.764. The molecule has 0 heterocycles. The van der Waals surface area contributed by atoms with Crippen molar-refractivity contribution in [2.24, 2.45) is 11.8 Å². The molecular weight excluding hydrogens is 268 g/mol. The lowest BCUT2D eigenvalue weighted by Crippen LogP contribution is -2.13. The SMILES string of the molecule is COc1ccc(C(=O)C(C)C2CC2)c(Br)c1. The summed E-state index contributed by atoms with van der Waals surface area (Å²) < 4.78 is 5.93. The van der Waals surface area contributed by atoms with Gasteiger partial charge in [0.1, 0.15) is 5.75 Å². The summed E-state index contributed by atoms with van der Waals surface area (Å²) in [6.07, 6.45) is 2.39. The first-order valence-corrected chi connectivity index (χ1v) is 6.30. The maximum absolute atomic E-state index is 12.2. The number of halogens is 1. The lowest BCUT2D eigenvalue weighted by atomic mass is 9.95. The van der Waals surface area contributed by atoms with Gasteiger partial charge in [-0.3, -0.25) is 4.79 Å². The fourth-order valence-electron chi connectivity index (χ4n) is 1.88. The molecule has 0 radical (unpaired) electrons. The maximum Gasteiger partial charge on any atom is 0.167 e. The molecule has 1 aromatic rings. The van der Waals surface area contributed by atoms with Gasteiger partial charge in [-0.05, 0) is 52.9 Å². The minimum Gasteiger partial charge on any atom is -0.497 e. The van der Waals surface area contributed by atoms with E-state index in [0.717, 1.165) is 15.8 Å². The van der Waals surface area contributed by atoms with Crippen LogP contribution in [0.2, 0.25) is 0 Å². The molecule has 0 aromatic heterocycles. The van der Waals surface area contributed by atoms with Gasteiger partial charge < -0.3 is 4.74 Å². The van der Waals surface area contributed by atoms with Crippen molar-refractivity contribution in [2.45, 2.75) is 19.8 Å². The van der Waals surface area contributed by atoms with E-state index >= 15 is 0 Å². The van der Waals surface area contributed by atoms with Gasteiger partial charge in [-0.15, -0.1) is 0 Å². The topological polar surface area (TPSA) is 26.3 Å². The van der Waals surface area contributed by atoms with Crippen LogP contribution in [-0.2, 0) is 0 Å². The van der Waals surface area contributed by atoms with Crippen LogP contribution in [0.1, 0.15) is 30.1 Å². The molecule has 1 aliphatic rings. The van der Waals surface area contributed by atoms with E-state index in [1.165, 1.54) is 12.8 Å². The molecule has 0 spiro atoms. The Balaban J connectivity index is 2.22. The Labute approximate surface area is 104 Å². The van der Waals surface area contributed by atoms with E-state index in [9.17, 15) is 4.79 Å². The van der Waals surface area contributed by atoms with Crippen LogP contribution in [0.25, 0.3) is 0 Å². The molecule has 86 valence electrons. The van der Waals surface area contributed by atoms with E-state index in [4.69, 9.17) is 4.74 Å². The standard InChI is InChI=1S/C13H15BrO2/c1-8(9-3-4-9)13(15)11-6-5-10(16-2)7-12(11)14/h5-9H,3-4H2,1-2H3.